The van der Waals surface area contributed by atoms with Crippen LogP contribution in [0.5, 0.6) is 0 Å². The van der Waals surface area contributed by atoms with Gasteiger partial charge < -0.3 is 9.88 Å². The molecule has 8 nitrogen and oxygen atoms in total. The number of nitrogens with zero attached hydrogens (tertiary/aromatic N) is 5. The standard InChI is InChI=1S/C19H24N6O2S/c1-23(15-5-3-2-4-6-15)28(26,27)25-12-11-24(13-19(25)8-9-19)18-16-7-10-20-17(16)21-14-22-18/h3,5-7,10,14H,2,4,8-9,11-13H2,1H3,(H,20,21,22). The quantitative estimate of drug-likeness (QED) is 0.849. The van der Waals surface area contributed by atoms with E-state index in [2.05, 4.69) is 19.9 Å². The van der Waals surface area contributed by atoms with E-state index >= 15 is 0 Å². The average molecular weight is 401 g/mol. The molecule has 1 N–H and O–H groups in total. The first-order valence-electron chi connectivity index (χ1n) is 9.68. The van der Waals surface area contributed by atoms with Gasteiger partial charge in [-0.2, -0.15) is 12.7 Å². The van der Waals surface area contributed by atoms with Crippen LogP contribution < -0.4 is 4.90 Å². The Kier molecular flexibility index (Phi) is 3.99. The minimum Gasteiger partial charge on any atom is -0.353 e. The van der Waals surface area contributed by atoms with Gasteiger partial charge in [-0.1, -0.05) is 12.2 Å². The molecule has 1 saturated carbocycles. The highest BCUT2D eigenvalue weighted by Crippen LogP contribution is 2.47. The van der Waals surface area contributed by atoms with Crippen LogP contribution in [0.3, 0.4) is 0 Å². The molecule has 2 fully saturated rings. The summed E-state index contributed by atoms with van der Waals surface area (Å²) in [4.78, 5) is 14.1. The molecule has 0 bridgehead atoms. The van der Waals surface area contributed by atoms with Gasteiger partial charge in [-0.15, -0.1) is 0 Å². The molecule has 1 aliphatic heterocycles. The molecule has 2 aromatic heterocycles. The maximum atomic E-state index is 13.4. The summed E-state index contributed by atoms with van der Waals surface area (Å²) in [6, 6.07) is 1.98. The lowest BCUT2D eigenvalue weighted by atomic mass is 10.1. The van der Waals surface area contributed by atoms with E-state index in [1.54, 1.807) is 17.7 Å². The Morgan fingerprint density at radius 3 is 2.82 bits per heavy atom. The van der Waals surface area contributed by atoms with Crippen LogP contribution in [-0.2, 0) is 10.2 Å². The van der Waals surface area contributed by atoms with Gasteiger partial charge in [0.2, 0.25) is 0 Å². The molecule has 0 amide bonds. The number of hydrogen-bond donors (Lipinski definition) is 1. The zero-order valence-electron chi connectivity index (χ0n) is 15.9. The molecule has 0 radical (unpaired) electrons. The zero-order chi connectivity index (χ0) is 19.4. The van der Waals surface area contributed by atoms with Crippen molar-refractivity contribution >= 4 is 27.1 Å². The molecule has 1 spiro atoms. The fourth-order valence-corrected chi connectivity index (χ4v) is 6.02. The van der Waals surface area contributed by atoms with E-state index in [0.717, 1.165) is 48.2 Å². The molecule has 3 aliphatic rings. The number of fused-ring (bicyclic) bond motifs is 1. The lowest BCUT2D eigenvalue weighted by Gasteiger charge is -2.43. The molecule has 148 valence electrons. The predicted molar refractivity (Wildman–Crippen MR) is 108 cm³/mol. The average Bonchev–Trinajstić information content (AvgIpc) is 3.28. The van der Waals surface area contributed by atoms with Crippen molar-refractivity contribution in [2.24, 2.45) is 0 Å². The summed E-state index contributed by atoms with van der Waals surface area (Å²) in [6.45, 7) is 1.73. The summed E-state index contributed by atoms with van der Waals surface area (Å²) in [5.74, 6) is 0.876. The zero-order valence-corrected chi connectivity index (χ0v) is 16.7. The van der Waals surface area contributed by atoms with Gasteiger partial charge in [0.25, 0.3) is 0 Å². The second-order valence-corrected chi connectivity index (χ2v) is 9.62. The molecule has 28 heavy (non-hydrogen) atoms. The number of aromatic amines is 1. The maximum Gasteiger partial charge on any atom is 0.304 e. The monoisotopic (exact) mass is 400 g/mol. The minimum atomic E-state index is -3.56. The Morgan fingerprint density at radius 2 is 2.07 bits per heavy atom. The SMILES string of the molecule is CN(C1=CCCC=C1)S(=O)(=O)N1CCN(c2ncnc3[nH]ccc23)CC12CC2. The number of anilines is 1. The molecule has 2 aromatic rings. The normalized spacial score (nSPS) is 21.9. The molecule has 5 rings (SSSR count). The lowest BCUT2D eigenvalue weighted by molar-refractivity contribution is 0.257. The summed E-state index contributed by atoms with van der Waals surface area (Å²) < 4.78 is 29.9. The summed E-state index contributed by atoms with van der Waals surface area (Å²) in [5.41, 5.74) is 1.23. The Labute approximate surface area is 164 Å². The Balaban J connectivity index is 1.42. The van der Waals surface area contributed by atoms with Gasteiger partial charge in [-0.3, -0.25) is 4.31 Å². The van der Waals surface area contributed by atoms with E-state index in [1.807, 2.05) is 30.5 Å². The van der Waals surface area contributed by atoms with E-state index in [1.165, 1.54) is 4.31 Å². The van der Waals surface area contributed by atoms with Crippen LogP contribution in [0.4, 0.5) is 5.82 Å². The van der Waals surface area contributed by atoms with Gasteiger partial charge in [0.05, 0.1) is 10.9 Å². The summed E-state index contributed by atoms with van der Waals surface area (Å²) in [7, 11) is -1.90. The highest BCUT2D eigenvalue weighted by molar-refractivity contribution is 7.86. The third-order valence-corrected chi connectivity index (χ3v) is 8.04. The number of rotatable bonds is 4. The van der Waals surface area contributed by atoms with Gasteiger partial charge >= 0.3 is 10.2 Å². The first-order chi connectivity index (χ1) is 13.5. The van der Waals surface area contributed by atoms with Crippen molar-refractivity contribution in [3.63, 3.8) is 0 Å². The van der Waals surface area contributed by atoms with Gasteiger partial charge in [0, 0.05) is 38.6 Å². The number of nitrogens with one attached hydrogen (secondary N) is 1. The molecule has 3 heterocycles. The van der Waals surface area contributed by atoms with E-state index in [-0.39, 0.29) is 5.54 Å². The van der Waals surface area contributed by atoms with E-state index in [0.29, 0.717) is 19.6 Å². The fourth-order valence-electron chi connectivity index (χ4n) is 4.28. The predicted octanol–water partition coefficient (Wildman–Crippen LogP) is 2.02. The van der Waals surface area contributed by atoms with Crippen molar-refractivity contribution in [3.05, 3.63) is 42.5 Å². The van der Waals surface area contributed by atoms with Gasteiger partial charge in [0.1, 0.15) is 17.8 Å². The van der Waals surface area contributed by atoms with Crippen molar-refractivity contribution in [1.29, 1.82) is 0 Å². The van der Waals surface area contributed by atoms with Crippen molar-refractivity contribution in [2.75, 3.05) is 31.6 Å². The topological polar surface area (TPSA) is 85.4 Å². The van der Waals surface area contributed by atoms with Crippen molar-refractivity contribution in [3.8, 4) is 0 Å². The van der Waals surface area contributed by atoms with E-state index < -0.39 is 10.2 Å². The van der Waals surface area contributed by atoms with Crippen LogP contribution in [0.1, 0.15) is 25.7 Å². The summed E-state index contributed by atoms with van der Waals surface area (Å²) in [6.07, 6.45) is 13.0. The third kappa shape index (κ3) is 2.72. The second kappa shape index (κ2) is 6.31. The lowest BCUT2D eigenvalue weighted by Crippen LogP contribution is -2.59. The first-order valence-corrected chi connectivity index (χ1v) is 11.1. The number of likely N-dealkylation sites (N-methyl/N-ethyl adjacent to an activating group) is 1. The van der Waals surface area contributed by atoms with Crippen LogP contribution in [-0.4, -0.2) is 64.2 Å². The van der Waals surface area contributed by atoms with Crippen LogP contribution in [0, 0.1) is 0 Å². The van der Waals surface area contributed by atoms with Crippen LogP contribution in [0.25, 0.3) is 11.0 Å². The number of allylic oxidation sites excluding steroid dienone is 3. The second-order valence-electron chi connectivity index (χ2n) is 7.74. The van der Waals surface area contributed by atoms with Crippen LogP contribution in [0.15, 0.2) is 42.5 Å². The third-order valence-electron chi connectivity index (χ3n) is 6.01. The molecule has 1 saturated heterocycles. The van der Waals surface area contributed by atoms with Gasteiger partial charge in [-0.05, 0) is 37.8 Å². The van der Waals surface area contributed by atoms with Crippen molar-refractivity contribution in [1.82, 2.24) is 23.6 Å². The molecular weight excluding hydrogens is 376 g/mol. The van der Waals surface area contributed by atoms with Gasteiger partial charge in [-0.25, -0.2) is 9.97 Å². The number of aromatic nitrogens is 3. The Bertz CT molecular complexity index is 1070. The highest BCUT2D eigenvalue weighted by atomic mass is 32.2. The Hall–Kier alpha value is -2.39. The molecular formula is C19H24N6O2S. The number of hydrogen-bond acceptors (Lipinski definition) is 5. The smallest absolute Gasteiger partial charge is 0.304 e. The maximum absolute atomic E-state index is 13.4. The first kappa shape index (κ1) is 17.7. The summed E-state index contributed by atoms with van der Waals surface area (Å²) >= 11 is 0. The van der Waals surface area contributed by atoms with Gasteiger partial charge in [0.15, 0.2) is 0 Å². The Morgan fingerprint density at radius 1 is 1.21 bits per heavy atom. The molecule has 0 atom stereocenters. The summed E-state index contributed by atoms with van der Waals surface area (Å²) in [5, 5.41) is 0.976. The van der Waals surface area contributed by atoms with E-state index in [4.69, 9.17) is 0 Å². The fraction of sp³-hybridized carbons (Fsp3) is 0.474. The highest BCUT2D eigenvalue weighted by Gasteiger charge is 2.57. The number of piperazine rings is 1. The van der Waals surface area contributed by atoms with Crippen LogP contribution >= 0.6 is 0 Å². The minimum absolute atomic E-state index is 0.335. The van der Waals surface area contributed by atoms with Crippen molar-refractivity contribution < 1.29 is 8.42 Å². The number of H-pyrrole nitrogens is 1. The van der Waals surface area contributed by atoms with E-state index in [9.17, 15) is 8.42 Å². The molecule has 2 aliphatic carbocycles. The van der Waals surface area contributed by atoms with Crippen LogP contribution in [0.2, 0.25) is 0 Å². The molecule has 0 unspecified atom stereocenters. The molecule has 9 heteroatoms. The van der Waals surface area contributed by atoms with Crippen molar-refractivity contribution in [2.45, 2.75) is 31.2 Å². The largest absolute Gasteiger partial charge is 0.353 e. The molecule has 0 aromatic carbocycles.